The molecule has 0 aliphatic heterocycles. The van der Waals surface area contributed by atoms with Crippen LogP contribution in [0.2, 0.25) is 0 Å². The maximum Gasteiger partial charge on any atom is 0.217 e. The molecule has 0 saturated heterocycles. The highest BCUT2D eigenvalue weighted by Gasteiger charge is 2.28. The van der Waals surface area contributed by atoms with E-state index in [0.29, 0.717) is 6.04 Å². The molecule has 1 saturated carbocycles. The first-order valence-electron chi connectivity index (χ1n) is 7.20. The van der Waals surface area contributed by atoms with Crippen molar-refractivity contribution in [2.24, 2.45) is 0 Å². The molecule has 110 valence electrons. The van der Waals surface area contributed by atoms with Crippen LogP contribution in [-0.4, -0.2) is 21.7 Å². The molecule has 21 heavy (non-hydrogen) atoms. The molecule has 1 aromatic heterocycles. The summed E-state index contributed by atoms with van der Waals surface area (Å²) in [6.45, 7) is 1.58. The van der Waals surface area contributed by atoms with Gasteiger partial charge in [-0.15, -0.1) is 0 Å². The predicted octanol–water partition coefficient (Wildman–Crippen LogP) is 3.54. The number of carbonyl (C=O) groups is 1. The van der Waals surface area contributed by atoms with Gasteiger partial charge >= 0.3 is 0 Å². The van der Waals surface area contributed by atoms with Crippen LogP contribution < -0.4 is 5.32 Å². The van der Waals surface area contributed by atoms with Crippen LogP contribution in [0.15, 0.2) is 41.0 Å². The quantitative estimate of drug-likeness (QED) is 0.922. The van der Waals surface area contributed by atoms with Crippen molar-refractivity contribution in [3.05, 3.63) is 41.0 Å². The summed E-state index contributed by atoms with van der Waals surface area (Å²) < 4.78 is 3.18. The molecular formula is C16H18BrN3O. The van der Waals surface area contributed by atoms with Crippen molar-refractivity contribution in [3.63, 3.8) is 0 Å². The van der Waals surface area contributed by atoms with Crippen molar-refractivity contribution in [3.8, 4) is 11.3 Å². The van der Waals surface area contributed by atoms with Gasteiger partial charge in [0.05, 0.1) is 11.7 Å². The average Bonchev–Trinajstić information content (AvgIpc) is 3.07. The zero-order valence-corrected chi connectivity index (χ0v) is 13.5. The monoisotopic (exact) mass is 347 g/mol. The highest BCUT2D eigenvalue weighted by atomic mass is 79.9. The van der Waals surface area contributed by atoms with Crippen LogP contribution in [0.4, 0.5) is 0 Å². The van der Waals surface area contributed by atoms with E-state index in [1.54, 1.807) is 6.92 Å². The molecule has 1 heterocycles. The Labute approximate surface area is 132 Å². The molecule has 1 aliphatic carbocycles. The fourth-order valence-electron chi connectivity index (χ4n) is 3.05. The molecule has 2 atom stereocenters. The molecule has 0 spiro atoms. The lowest BCUT2D eigenvalue weighted by Gasteiger charge is -2.16. The fraction of sp³-hybridized carbons (Fsp3) is 0.375. The van der Waals surface area contributed by atoms with E-state index in [1.165, 1.54) is 5.56 Å². The Hall–Kier alpha value is -1.62. The van der Waals surface area contributed by atoms with E-state index >= 15 is 0 Å². The maximum atomic E-state index is 11.2. The standard InChI is InChI=1S/C16H18BrN3O/c1-11(21)19-14-6-7-15(10-14)20-16(8-9-18-20)12-2-4-13(17)5-3-12/h2-5,8-9,14-15H,6-7,10H2,1H3,(H,19,21). The fourth-order valence-corrected chi connectivity index (χ4v) is 3.32. The minimum Gasteiger partial charge on any atom is -0.354 e. The first kappa shape index (κ1) is 14.3. The summed E-state index contributed by atoms with van der Waals surface area (Å²) >= 11 is 3.46. The molecule has 3 rings (SSSR count). The van der Waals surface area contributed by atoms with Crippen molar-refractivity contribution in [1.82, 2.24) is 15.1 Å². The number of nitrogens with one attached hydrogen (secondary N) is 1. The van der Waals surface area contributed by atoms with Gasteiger partial charge in [0.2, 0.25) is 5.91 Å². The van der Waals surface area contributed by atoms with Crippen molar-refractivity contribution < 1.29 is 4.79 Å². The van der Waals surface area contributed by atoms with Crippen molar-refractivity contribution >= 4 is 21.8 Å². The van der Waals surface area contributed by atoms with Crippen LogP contribution in [0.5, 0.6) is 0 Å². The first-order valence-corrected chi connectivity index (χ1v) is 7.99. The van der Waals surface area contributed by atoms with E-state index in [1.807, 2.05) is 18.3 Å². The Morgan fingerprint density at radius 1 is 1.29 bits per heavy atom. The second-order valence-corrected chi connectivity index (χ2v) is 6.45. The zero-order valence-electron chi connectivity index (χ0n) is 11.9. The molecular weight excluding hydrogens is 330 g/mol. The summed E-state index contributed by atoms with van der Waals surface area (Å²) in [5.74, 6) is 0.0502. The number of carbonyl (C=O) groups excluding carboxylic acids is 1. The Bertz CT molecular complexity index is 635. The first-order chi connectivity index (χ1) is 10.1. The minimum atomic E-state index is 0.0502. The van der Waals surface area contributed by atoms with Gasteiger partial charge in [0.25, 0.3) is 0 Å². The van der Waals surface area contributed by atoms with E-state index < -0.39 is 0 Å². The van der Waals surface area contributed by atoms with Crippen LogP contribution in [-0.2, 0) is 4.79 Å². The summed E-state index contributed by atoms with van der Waals surface area (Å²) in [6, 6.07) is 11.0. The second kappa shape index (κ2) is 6.02. The summed E-state index contributed by atoms with van der Waals surface area (Å²) in [4.78, 5) is 11.2. The van der Waals surface area contributed by atoms with E-state index in [-0.39, 0.29) is 11.9 Å². The number of amides is 1. The molecule has 1 aliphatic rings. The molecule has 1 aromatic carbocycles. The molecule has 2 aromatic rings. The van der Waals surface area contributed by atoms with Gasteiger partial charge in [0.1, 0.15) is 0 Å². The van der Waals surface area contributed by atoms with Gasteiger partial charge in [-0.3, -0.25) is 9.48 Å². The van der Waals surface area contributed by atoms with Gasteiger partial charge in [0.15, 0.2) is 0 Å². The summed E-state index contributed by atoms with van der Waals surface area (Å²) in [5.41, 5.74) is 2.30. The van der Waals surface area contributed by atoms with Crippen molar-refractivity contribution in [2.75, 3.05) is 0 Å². The third-order valence-electron chi connectivity index (χ3n) is 3.97. The van der Waals surface area contributed by atoms with E-state index in [9.17, 15) is 4.79 Å². The number of benzene rings is 1. The zero-order chi connectivity index (χ0) is 14.8. The van der Waals surface area contributed by atoms with Gasteiger partial charge in [-0.1, -0.05) is 28.1 Å². The SMILES string of the molecule is CC(=O)NC1CCC(n2nccc2-c2ccc(Br)cc2)C1. The van der Waals surface area contributed by atoms with Gasteiger partial charge in [0, 0.05) is 23.6 Å². The van der Waals surface area contributed by atoms with Crippen LogP contribution in [0.1, 0.15) is 32.2 Å². The van der Waals surface area contributed by atoms with E-state index in [4.69, 9.17) is 0 Å². The van der Waals surface area contributed by atoms with E-state index in [2.05, 4.69) is 49.2 Å². The Morgan fingerprint density at radius 3 is 2.76 bits per heavy atom. The van der Waals surface area contributed by atoms with Crippen molar-refractivity contribution in [2.45, 2.75) is 38.3 Å². The molecule has 4 nitrogen and oxygen atoms in total. The number of hydrogen-bond acceptors (Lipinski definition) is 2. The number of rotatable bonds is 3. The van der Waals surface area contributed by atoms with Crippen LogP contribution in [0.3, 0.4) is 0 Å². The highest BCUT2D eigenvalue weighted by Crippen LogP contribution is 2.33. The van der Waals surface area contributed by atoms with Crippen LogP contribution in [0.25, 0.3) is 11.3 Å². The molecule has 0 radical (unpaired) electrons. The van der Waals surface area contributed by atoms with Crippen LogP contribution >= 0.6 is 15.9 Å². The van der Waals surface area contributed by atoms with Crippen molar-refractivity contribution in [1.29, 1.82) is 0 Å². The number of aromatic nitrogens is 2. The maximum absolute atomic E-state index is 11.2. The van der Waals surface area contributed by atoms with Crippen LogP contribution in [0, 0.1) is 0 Å². The Morgan fingerprint density at radius 2 is 2.05 bits per heavy atom. The molecule has 0 bridgehead atoms. The molecule has 2 unspecified atom stereocenters. The average molecular weight is 348 g/mol. The predicted molar refractivity (Wildman–Crippen MR) is 85.9 cm³/mol. The van der Waals surface area contributed by atoms with Gasteiger partial charge in [-0.2, -0.15) is 5.10 Å². The lowest BCUT2D eigenvalue weighted by atomic mass is 10.1. The number of hydrogen-bond donors (Lipinski definition) is 1. The molecule has 1 N–H and O–H groups in total. The lowest BCUT2D eigenvalue weighted by molar-refractivity contribution is -0.119. The summed E-state index contributed by atoms with van der Waals surface area (Å²) in [6.07, 6.45) is 4.87. The second-order valence-electron chi connectivity index (χ2n) is 5.53. The third-order valence-corrected chi connectivity index (χ3v) is 4.50. The number of halogens is 1. The van der Waals surface area contributed by atoms with E-state index in [0.717, 1.165) is 29.4 Å². The largest absolute Gasteiger partial charge is 0.354 e. The molecule has 5 heteroatoms. The normalized spacial score (nSPS) is 21.4. The topological polar surface area (TPSA) is 46.9 Å². The molecule has 1 amide bonds. The Balaban J connectivity index is 1.80. The Kier molecular flexibility index (Phi) is 4.10. The number of nitrogens with zero attached hydrogens (tertiary/aromatic N) is 2. The van der Waals surface area contributed by atoms with Gasteiger partial charge in [-0.05, 0) is 43.0 Å². The molecule has 1 fully saturated rings. The van der Waals surface area contributed by atoms with Gasteiger partial charge < -0.3 is 5.32 Å². The highest BCUT2D eigenvalue weighted by molar-refractivity contribution is 9.10. The third kappa shape index (κ3) is 3.18. The minimum absolute atomic E-state index is 0.0502. The summed E-state index contributed by atoms with van der Waals surface area (Å²) in [7, 11) is 0. The summed E-state index contributed by atoms with van der Waals surface area (Å²) in [5, 5.41) is 7.52. The lowest BCUT2D eigenvalue weighted by Crippen LogP contribution is -2.30. The smallest absolute Gasteiger partial charge is 0.217 e. The van der Waals surface area contributed by atoms with Gasteiger partial charge in [-0.25, -0.2) is 0 Å².